The molecule has 1 aliphatic heterocycles. The van der Waals surface area contributed by atoms with Gasteiger partial charge in [-0.05, 0) is 29.2 Å². The summed E-state index contributed by atoms with van der Waals surface area (Å²) in [6, 6.07) is 19.0. The molecule has 0 unspecified atom stereocenters. The number of hydrogen-bond donors (Lipinski definition) is 2. The van der Waals surface area contributed by atoms with Gasteiger partial charge in [0.05, 0.1) is 0 Å². The van der Waals surface area contributed by atoms with Crippen LogP contribution in [0.15, 0.2) is 54.6 Å². The van der Waals surface area contributed by atoms with Crippen LogP contribution in [0.4, 0.5) is 0 Å². The van der Waals surface area contributed by atoms with Gasteiger partial charge in [-0.1, -0.05) is 49.4 Å². The Bertz CT molecular complexity index is 701. The Balaban J connectivity index is 1.54. The van der Waals surface area contributed by atoms with E-state index in [2.05, 4.69) is 58.9 Å². The van der Waals surface area contributed by atoms with E-state index in [9.17, 15) is 4.79 Å². The highest BCUT2D eigenvalue weighted by molar-refractivity contribution is 5.94. The summed E-state index contributed by atoms with van der Waals surface area (Å²) in [6.07, 6.45) is 0. The van der Waals surface area contributed by atoms with E-state index in [1.54, 1.807) is 7.05 Å². The molecule has 2 aromatic rings. The van der Waals surface area contributed by atoms with Gasteiger partial charge in [0.2, 0.25) is 0 Å². The number of likely N-dealkylation sites (tertiary alicyclic amines) is 1. The molecular weight excluding hydrogens is 310 g/mol. The molecule has 1 aliphatic rings. The molecule has 0 spiro atoms. The van der Waals surface area contributed by atoms with Crippen molar-refractivity contribution in [3.05, 3.63) is 71.3 Å². The normalized spacial score (nSPS) is 20.6. The predicted octanol–water partition coefficient (Wildman–Crippen LogP) is 2.66. The quantitative estimate of drug-likeness (QED) is 0.852. The number of nitrogens with one attached hydrogen (secondary N) is 2. The highest BCUT2D eigenvalue weighted by Crippen LogP contribution is 2.19. The van der Waals surface area contributed by atoms with Crippen molar-refractivity contribution in [1.29, 1.82) is 0 Å². The minimum atomic E-state index is -0.0369. The molecule has 4 nitrogen and oxygen atoms in total. The van der Waals surface area contributed by atoms with Gasteiger partial charge < -0.3 is 10.6 Å². The maximum absolute atomic E-state index is 11.8. The molecule has 0 saturated carbocycles. The Kier molecular flexibility index (Phi) is 5.84. The maximum atomic E-state index is 11.8. The van der Waals surface area contributed by atoms with Crippen LogP contribution in [0.1, 0.15) is 28.4 Å². The second-order valence-corrected chi connectivity index (χ2v) is 6.92. The van der Waals surface area contributed by atoms with Crippen molar-refractivity contribution in [1.82, 2.24) is 15.5 Å². The number of carbonyl (C=O) groups is 1. The molecular formula is C21H27N3O. The van der Waals surface area contributed by atoms with E-state index in [0.29, 0.717) is 17.5 Å². The molecule has 25 heavy (non-hydrogen) atoms. The average molecular weight is 337 g/mol. The summed E-state index contributed by atoms with van der Waals surface area (Å²) in [5.41, 5.74) is 3.23. The summed E-state index contributed by atoms with van der Waals surface area (Å²) >= 11 is 0. The SMILES string of the molecule is CNC(=O)c1cccc(CN[C@@H]2CN(Cc3ccccc3)C[C@@H]2C)c1. The first-order valence-corrected chi connectivity index (χ1v) is 8.96. The monoisotopic (exact) mass is 337 g/mol. The first-order valence-electron chi connectivity index (χ1n) is 8.96. The van der Waals surface area contributed by atoms with Gasteiger partial charge in [0.1, 0.15) is 0 Å². The zero-order valence-corrected chi connectivity index (χ0v) is 15.0. The predicted molar refractivity (Wildman–Crippen MR) is 101 cm³/mol. The smallest absolute Gasteiger partial charge is 0.251 e. The summed E-state index contributed by atoms with van der Waals surface area (Å²) in [7, 11) is 1.66. The molecule has 2 atom stereocenters. The second kappa shape index (κ2) is 8.28. The first kappa shape index (κ1) is 17.6. The van der Waals surface area contributed by atoms with Gasteiger partial charge in [-0.3, -0.25) is 9.69 Å². The van der Waals surface area contributed by atoms with Crippen LogP contribution in [0, 0.1) is 5.92 Å². The number of hydrogen-bond acceptors (Lipinski definition) is 3. The molecule has 1 heterocycles. The number of rotatable bonds is 6. The van der Waals surface area contributed by atoms with E-state index in [0.717, 1.165) is 31.7 Å². The third-order valence-corrected chi connectivity index (χ3v) is 4.92. The lowest BCUT2D eigenvalue weighted by molar-refractivity contribution is 0.0963. The number of nitrogens with zero attached hydrogens (tertiary/aromatic N) is 1. The molecule has 1 fully saturated rings. The Morgan fingerprint density at radius 3 is 2.60 bits per heavy atom. The molecule has 132 valence electrons. The maximum Gasteiger partial charge on any atom is 0.251 e. The van der Waals surface area contributed by atoms with Crippen LogP contribution in [0.25, 0.3) is 0 Å². The highest BCUT2D eigenvalue weighted by atomic mass is 16.1. The van der Waals surface area contributed by atoms with Gasteiger partial charge in [-0.15, -0.1) is 0 Å². The van der Waals surface area contributed by atoms with E-state index in [4.69, 9.17) is 0 Å². The second-order valence-electron chi connectivity index (χ2n) is 6.92. The number of carbonyl (C=O) groups excluding carboxylic acids is 1. The van der Waals surface area contributed by atoms with E-state index < -0.39 is 0 Å². The fourth-order valence-corrected chi connectivity index (χ4v) is 3.52. The van der Waals surface area contributed by atoms with Crippen molar-refractivity contribution in [2.75, 3.05) is 20.1 Å². The molecule has 0 bridgehead atoms. The first-order chi connectivity index (χ1) is 12.2. The van der Waals surface area contributed by atoms with Gasteiger partial charge in [0.15, 0.2) is 0 Å². The highest BCUT2D eigenvalue weighted by Gasteiger charge is 2.28. The summed E-state index contributed by atoms with van der Waals surface area (Å²) in [5, 5.41) is 6.35. The summed E-state index contributed by atoms with van der Waals surface area (Å²) in [5.74, 6) is 0.580. The van der Waals surface area contributed by atoms with E-state index in [1.165, 1.54) is 5.56 Å². The molecule has 4 heteroatoms. The lowest BCUT2D eigenvalue weighted by Crippen LogP contribution is -2.35. The molecule has 3 rings (SSSR count). The van der Waals surface area contributed by atoms with Crippen molar-refractivity contribution < 1.29 is 4.79 Å². The van der Waals surface area contributed by atoms with Crippen LogP contribution in [0.5, 0.6) is 0 Å². The zero-order chi connectivity index (χ0) is 17.6. The summed E-state index contributed by atoms with van der Waals surface area (Å²) in [6.45, 7) is 6.29. The zero-order valence-electron chi connectivity index (χ0n) is 15.0. The van der Waals surface area contributed by atoms with Gasteiger partial charge >= 0.3 is 0 Å². The molecule has 1 saturated heterocycles. The fraction of sp³-hybridized carbons (Fsp3) is 0.381. The van der Waals surface area contributed by atoms with Crippen LogP contribution < -0.4 is 10.6 Å². The summed E-state index contributed by atoms with van der Waals surface area (Å²) < 4.78 is 0. The van der Waals surface area contributed by atoms with Gasteiger partial charge in [0, 0.05) is 44.8 Å². The average Bonchev–Trinajstić information content (AvgIpc) is 2.99. The van der Waals surface area contributed by atoms with Crippen LogP contribution in [0.2, 0.25) is 0 Å². The van der Waals surface area contributed by atoms with Crippen molar-refractivity contribution in [2.45, 2.75) is 26.1 Å². The van der Waals surface area contributed by atoms with Gasteiger partial charge in [0.25, 0.3) is 5.91 Å². The van der Waals surface area contributed by atoms with E-state index in [-0.39, 0.29) is 5.91 Å². The van der Waals surface area contributed by atoms with Crippen molar-refractivity contribution >= 4 is 5.91 Å². The van der Waals surface area contributed by atoms with E-state index >= 15 is 0 Å². The fourth-order valence-electron chi connectivity index (χ4n) is 3.52. The lowest BCUT2D eigenvalue weighted by Gasteiger charge is -2.17. The molecule has 2 aromatic carbocycles. The van der Waals surface area contributed by atoms with Crippen LogP contribution in [-0.2, 0) is 13.1 Å². The number of amides is 1. The van der Waals surface area contributed by atoms with Gasteiger partial charge in [-0.2, -0.15) is 0 Å². The minimum absolute atomic E-state index is 0.0369. The van der Waals surface area contributed by atoms with E-state index in [1.807, 2.05) is 18.2 Å². The van der Waals surface area contributed by atoms with Gasteiger partial charge in [-0.25, -0.2) is 0 Å². The minimum Gasteiger partial charge on any atom is -0.355 e. The van der Waals surface area contributed by atoms with Crippen molar-refractivity contribution in [2.24, 2.45) is 5.92 Å². The lowest BCUT2D eigenvalue weighted by atomic mass is 10.1. The third-order valence-electron chi connectivity index (χ3n) is 4.92. The molecule has 0 aliphatic carbocycles. The Morgan fingerprint density at radius 1 is 1.08 bits per heavy atom. The van der Waals surface area contributed by atoms with Crippen LogP contribution in [0.3, 0.4) is 0 Å². The standard InChI is InChI=1S/C21H27N3O/c1-16-13-24(14-17-7-4-3-5-8-17)15-20(16)23-12-18-9-6-10-19(11-18)21(25)22-2/h3-11,16,20,23H,12-15H2,1-2H3,(H,22,25)/t16-,20+/m0/s1. The topological polar surface area (TPSA) is 44.4 Å². The largest absolute Gasteiger partial charge is 0.355 e. The van der Waals surface area contributed by atoms with Crippen LogP contribution >= 0.6 is 0 Å². The van der Waals surface area contributed by atoms with Crippen LogP contribution in [-0.4, -0.2) is 37.0 Å². The Labute approximate surface area is 150 Å². The Morgan fingerprint density at radius 2 is 1.84 bits per heavy atom. The molecule has 1 amide bonds. The molecule has 0 aromatic heterocycles. The molecule has 0 radical (unpaired) electrons. The molecule has 2 N–H and O–H groups in total. The van der Waals surface area contributed by atoms with Crippen molar-refractivity contribution in [3.8, 4) is 0 Å². The number of benzene rings is 2. The summed E-state index contributed by atoms with van der Waals surface area (Å²) in [4.78, 5) is 14.3. The Hall–Kier alpha value is -2.17. The van der Waals surface area contributed by atoms with Crippen molar-refractivity contribution in [3.63, 3.8) is 0 Å². The third kappa shape index (κ3) is 4.68.